The van der Waals surface area contributed by atoms with Gasteiger partial charge >= 0.3 is 0 Å². The van der Waals surface area contributed by atoms with E-state index in [9.17, 15) is 0 Å². The number of halogens is 1. The number of hydrogen-bond donors (Lipinski definition) is 3. The number of ether oxygens (including phenoxy) is 2. The van der Waals surface area contributed by atoms with Crippen molar-refractivity contribution in [1.82, 2.24) is 34.5 Å². The van der Waals surface area contributed by atoms with Crippen LogP contribution in [0.3, 0.4) is 0 Å². The molecule has 1 aliphatic heterocycles. The average molecular weight is 522 g/mol. The van der Waals surface area contributed by atoms with Gasteiger partial charge < -0.3 is 25.5 Å². The minimum absolute atomic E-state index is 0.319. The molecule has 1 saturated heterocycles. The maximum absolute atomic E-state index is 6.89. The lowest BCUT2D eigenvalue weighted by molar-refractivity contribution is 0.183. The van der Waals surface area contributed by atoms with Gasteiger partial charge in [0.05, 0.1) is 34.8 Å². The monoisotopic (exact) mass is 521 g/mol. The Balaban J connectivity index is 1.39. The Hall–Kier alpha value is -3.67. The van der Waals surface area contributed by atoms with E-state index in [4.69, 9.17) is 31.9 Å². The third-order valence-corrected chi connectivity index (χ3v) is 6.89. The summed E-state index contributed by atoms with van der Waals surface area (Å²) < 4.78 is 14.7. The van der Waals surface area contributed by atoms with E-state index in [-0.39, 0.29) is 5.54 Å². The Kier molecular flexibility index (Phi) is 5.41. The molecule has 1 atom stereocenters. The van der Waals surface area contributed by atoms with E-state index in [1.807, 2.05) is 39.8 Å². The van der Waals surface area contributed by atoms with Gasteiger partial charge in [-0.05, 0) is 26.8 Å². The van der Waals surface area contributed by atoms with Crippen LogP contribution in [0.15, 0.2) is 36.8 Å². The molecule has 1 unspecified atom stereocenters. The lowest BCUT2D eigenvalue weighted by atomic mass is 10.1. The van der Waals surface area contributed by atoms with Gasteiger partial charge in [-0.15, -0.1) is 0 Å². The number of methoxy groups -OCH3 is 1. The predicted octanol–water partition coefficient (Wildman–Crippen LogP) is 4.10. The fourth-order valence-corrected chi connectivity index (χ4v) is 4.82. The first kappa shape index (κ1) is 23.7. The number of nitrogens with two attached hydrogens (primary N) is 1. The molecule has 5 heterocycles. The van der Waals surface area contributed by atoms with Crippen LogP contribution in [0.1, 0.15) is 26.3 Å². The molecule has 4 aromatic heterocycles. The molecule has 11 nitrogen and oxygen atoms in total. The summed E-state index contributed by atoms with van der Waals surface area (Å²) >= 11 is 6.89. The van der Waals surface area contributed by atoms with Gasteiger partial charge in [0.1, 0.15) is 24.4 Å². The second-order valence-corrected chi connectivity index (χ2v) is 10.5. The van der Waals surface area contributed by atoms with Crippen LogP contribution in [0.4, 0.5) is 11.6 Å². The number of nitrogens with zero attached hydrogens (tertiary/aromatic N) is 6. The van der Waals surface area contributed by atoms with Crippen LogP contribution in [0, 0.1) is 0 Å². The van der Waals surface area contributed by atoms with Crippen molar-refractivity contribution in [2.75, 3.05) is 31.4 Å². The topological polar surface area (TPSA) is 137 Å². The lowest BCUT2D eigenvalue weighted by Gasteiger charge is -2.19. The summed E-state index contributed by atoms with van der Waals surface area (Å²) in [6, 6.07) is 7.95. The fraction of sp³-hybridized carbons (Fsp3) is 0.360. The zero-order valence-corrected chi connectivity index (χ0v) is 21.8. The number of nitrogens with one attached hydrogen (secondary N) is 2. The molecule has 12 heteroatoms. The molecule has 0 saturated carbocycles. The summed E-state index contributed by atoms with van der Waals surface area (Å²) in [6.07, 6.45) is 3.36. The maximum Gasteiger partial charge on any atom is 0.190 e. The molecule has 1 aliphatic rings. The summed E-state index contributed by atoms with van der Waals surface area (Å²) in [6.45, 7) is 7.97. The highest BCUT2D eigenvalue weighted by atomic mass is 35.5. The summed E-state index contributed by atoms with van der Waals surface area (Å²) in [5.41, 5.74) is 9.07. The SMILES string of the molecule is COCCn1ccc(NC2(c3ccc4c(Cl)c(-c5nn(C(C)(C)C)c6ncnc(N)c56)[nH]c4c3)CO2)n1. The number of nitrogen functional groups attached to an aromatic ring is 1. The van der Waals surface area contributed by atoms with Crippen molar-refractivity contribution in [3.63, 3.8) is 0 Å². The van der Waals surface area contributed by atoms with Gasteiger partial charge in [-0.25, -0.2) is 14.6 Å². The number of rotatable bonds is 7. The van der Waals surface area contributed by atoms with Crippen LogP contribution in [0.2, 0.25) is 5.02 Å². The molecular formula is C25H28ClN9O2. The van der Waals surface area contributed by atoms with Gasteiger partial charge in [0.25, 0.3) is 0 Å². The van der Waals surface area contributed by atoms with Crippen molar-refractivity contribution >= 4 is 45.2 Å². The number of aromatic nitrogens is 7. The minimum Gasteiger partial charge on any atom is -0.383 e. The van der Waals surface area contributed by atoms with E-state index in [0.29, 0.717) is 53.0 Å². The van der Waals surface area contributed by atoms with Crippen molar-refractivity contribution in [2.24, 2.45) is 0 Å². The molecule has 6 rings (SSSR count). The summed E-state index contributed by atoms with van der Waals surface area (Å²) in [7, 11) is 1.67. The van der Waals surface area contributed by atoms with Crippen LogP contribution in [0.5, 0.6) is 0 Å². The smallest absolute Gasteiger partial charge is 0.190 e. The largest absolute Gasteiger partial charge is 0.383 e. The van der Waals surface area contributed by atoms with Crippen LogP contribution in [-0.2, 0) is 27.3 Å². The average Bonchev–Trinajstić information content (AvgIpc) is 3.18. The van der Waals surface area contributed by atoms with E-state index >= 15 is 0 Å². The Morgan fingerprint density at radius 2 is 2.05 bits per heavy atom. The number of H-pyrrole nitrogens is 1. The van der Waals surface area contributed by atoms with Gasteiger partial charge in [0.2, 0.25) is 0 Å². The highest BCUT2D eigenvalue weighted by molar-refractivity contribution is 6.38. The quantitative estimate of drug-likeness (QED) is 0.272. The van der Waals surface area contributed by atoms with E-state index < -0.39 is 5.72 Å². The van der Waals surface area contributed by atoms with Gasteiger partial charge in [-0.1, -0.05) is 23.7 Å². The van der Waals surface area contributed by atoms with Crippen LogP contribution >= 0.6 is 11.6 Å². The molecule has 4 N–H and O–H groups in total. The van der Waals surface area contributed by atoms with Crippen molar-refractivity contribution in [3.8, 4) is 11.4 Å². The molecule has 0 radical (unpaired) electrons. The molecule has 37 heavy (non-hydrogen) atoms. The molecule has 192 valence electrons. The van der Waals surface area contributed by atoms with Crippen molar-refractivity contribution in [1.29, 1.82) is 0 Å². The normalized spacial score (nSPS) is 17.6. The van der Waals surface area contributed by atoms with E-state index in [1.165, 1.54) is 6.33 Å². The first-order valence-corrected chi connectivity index (χ1v) is 12.3. The second-order valence-electron chi connectivity index (χ2n) is 10.2. The number of aromatic amines is 1. The van der Waals surface area contributed by atoms with Crippen molar-refractivity contribution < 1.29 is 9.47 Å². The Morgan fingerprint density at radius 1 is 1.24 bits per heavy atom. The summed E-state index contributed by atoms with van der Waals surface area (Å²) in [5, 5.41) is 14.9. The lowest BCUT2D eigenvalue weighted by Crippen LogP contribution is -2.23. The molecule has 0 bridgehead atoms. The fourth-order valence-electron chi connectivity index (χ4n) is 4.52. The molecule has 1 fully saturated rings. The zero-order chi connectivity index (χ0) is 25.9. The highest BCUT2D eigenvalue weighted by Gasteiger charge is 2.47. The molecule has 0 amide bonds. The van der Waals surface area contributed by atoms with Crippen molar-refractivity contribution in [3.05, 3.63) is 47.4 Å². The number of benzene rings is 1. The highest BCUT2D eigenvalue weighted by Crippen LogP contribution is 2.43. The van der Waals surface area contributed by atoms with E-state index in [1.54, 1.807) is 7.11 Å². The number of fused-ring (bicyclic) bond motifs is 2. The van der Waals surface area contributed by atoms with E-state index in [2.05, 4.69) is 46.1 Å². The number of hydrogen-bond acceptors (Lipinski definition) is 8. The van der Waals surface area contributed by atoms with Gasteiger partial charge in [0, 0.05) is 35.8 Å². The standard InChI is InChI=1S/C25H28ClN9O2/c1-24(2,3)35-23-18(22(27)28-13-29-23)20(33-35)21-19(26)15-6-5-14(11-16(15)30-21)25(12-37-25)31-17-7-8-34(32-17)9-10-36-4/h5-8,11,13,30H,9-10,12H2,1-4H3,(H,31,32)(H2,27,28,29). The zero-order valence-electron chi connectivity index (χ0n) is 21.0. The first-order chi connectivity index (χ1) is 17.7. The molecule has 0 spiro atoms. The van der Waals surface area contributed by atoms with Gasteiger partial charge in [-0.3, -0.25) is 4.68 Å². The van der Waals surface area contributed by atoms with Crippen LogP contribution < -0.4 is 11.1 Å². The third-order valence-electron chi connectivity index (χ3n) is 6.50. The molecule has 5 aromatic rings. The van der Waals surface area contributed by atoms with Crippen molar-refractivity contribution in [2.45, 2.75) is 38.6 Å². The van der Waals surface area contributed by atoms with Crippen LogP contribution in [-0.4, -0.2) is 54.8 Å². The van der Waals surface area contributed by atoms with Gasteiger partial charge in [-0.2, -0.15) is 10.2 Å². The first-order valence-electron chi connectivity index (χ1n) is 12.0. The Morgan fingerprint density at radius 3 is 2.78 bits per heavy atom. The minimum atomic E-state index is -0.648. The maximum atomic E-state index is 6.89. The van der Waals surface area contributed by atoms with Gasteiger partial charge in [0.15, 0.2) is 17.2 Å². The third kappa shape index (κ3) is 3.99. The van der Waals surface area contributed by atoms with E-state index in [0.717, 1.165) is 22.3 Å². The Labute approximate surface area is 217 Å². The molecule has 0 aliphatic carbocycles. The van der Waals surface area contributed by atoms with Crippen LogP contribution in [0.25, 0.3) is 33.3 Å². The molecular weight excluding hydrogens is 494 g/mol. The summed E-state index contributed by atoms with van der Waals surface area (Å²) in [4.78, 5) is 12.1. The predicted molar refractivity (Wildman–Crippen MR) is 142 cm³/mol. The second kappa shape index (κ2) is 8.44. The summed E-state index contributed by atoms with van der Waals surface area (Å²) in [5.74, 6) is 1.08. The number of epoxide rings is 1. The molecule has 1 aromatic carbocycles. The Bertz CT molecular complexity index is 1620. The number of anilines is 2.